The first-order valence-corrected chi connectivity index (χ1v) is 16.1. The third-order valence-electron chi connectivity index (χ3n) is 8.14. The van der Waals surface area contributed by atoms with Crippen LogP contribution in [0.15, 0.2) is 133 Å². The molecule has 4 aromatic carbocycles. The Morgan fingerprint density at radius 1 is 0.822 bits per heavy atom. The molecule has 228 valence electrons. The fourth-order valence-corrected chi connectivity index (χ4v) is 6.58. The fourth-order valence-electron chi connectivity index (χ4n) is 5.55. The van der Waals surface area contributed by atoms with Gasteiger partial charge in [0.05, 0.1) is 23.8 Å². The van der Waals surface area contributed by atoms with E-state index in [1.54, 1.807) is 11.8 Å². The van der Waals surface area contributed by atoms with Gasteiger partial charge in [-0.2, -0.15) is 0 Å². The third kappa shape index (κ3) is 7.52. The highest BCUT2D eigenvalue weighted by atomic mass is 32.2. The van der Waals surface area contributed by atoms with E-state index in [9.17, 15) is 9.90 Å². The van der Waals surface area contributed by atoms with Gasteiger partial charge in [-0.05, 0) is 52.1 Å². The first-order chi connectivity index (χ1) is 22.1. The number of aromatic nitrogens is 1. The van der Waals surface area contributed by atoms with Gasteiger partial charge >= 0.3 is 0 Å². The van der Waals surface area contributed by atoms with Gasteiger partial charge in [-0.25, -0.2) is 4.98 Å². The van der Waals surface area contributed by atoms with Gasteiger partial charge in [0.1, 0.15) is 0 Å². The van der Waals surface area contributed by atoms with E-state index >= 15 is 0 Å². The van der Waals surface area contributed by atoms with E-state index in [-0.39, 0.29) is 30.6 Å². The van der Waals surface area contributed by atoms with Gasteiger partial charge < -0.3 is 19.9 Å². The predicted molar refractivity (Wildman–Crippen MR) is 177 cm³/mol. The average molecular weight is 617 g/mol. The molecule has 0 bridgehead atoms. The van der Waals surface area contributed by atoms with Crippen molar-refractivity contribution >= 4 is 17.7 Å². The topological polar surface area (TPSA) is 80.7 Å². The summed E-state index contributed by atoms with van der Waals surface area (Å²) in [6.07, 6.45) is 1.00. The van der Waals surface area contributed by atoms with Crippen molar-refractivity contribution in [2.24, 2.45) is 5.92 Å². The van der Waals surface area contributed by atoms with Gasteiger partial charge in [0.15, 0.2) is 6.29 Å². The molecule has 0 unspecified atom stereocenters. The highest BCUT2D eigenvalue weighted by molar-refractivity contribution is 7.99. The maximum absolute atomic E-state index is 12.7. The Morgan fingerprint density at radius 2 is 1.53 bits per heavy atom. The Bertz CT molecular complexity index is 1680. The zero-order chi connectivity index (χ0) is 31.0. The number of nitrogens with one attached hydrogen (secondary N) is 1. The molecule has 1 aliphatic heterocycles. The lowest BCUT2D eigenvalue weighted by Crippen LogP contribution is -2.38. The van der Waals surface area contributed by atoms with Crippen LogP contribution in [0.4, 0.5) is 0 Å². The van der Waals surface area contributed by atoms with Gasteiger partial charge in [0.2, 0.25) is 0 Å². The minimum absolute atomic E-state index is 0.00527. The molecular weight excluding hydrogens is 580 g/mol. The molecule has 1 saturated heterocycles. The smallest absolute Gasteiger partial charge is 0.251 e. The largest absolute Gasteiger partial charge is 0.392 e. The molecule has 6 nitrogen and oxygen atoms in total. The Balaban J connectivity index is 1.21. The van der Waals surface area contributed by atoms with Crippen LogP contribution in [0.1, 0.15) is 51.9 Å². The standard InChI is InChI=1S/C38H36N2O4S/c1-26-34(25-45-35-13-7-8-22-39-35)43-38(44-36(26)29-16-14-27(24-41)15-17-29)31-20-18-28(19-21-31)33-12-6-5-11-32(33)23-40-37(42)30-9-3-2-4-10-30/h2-22,26,34,36,38,41H,23-25H2,1H3,(H,40,42)/t26-,34+,36+,38+/m1/s1. The molecule has 2 heterocycles. The van der Waals surface area contributed by atoms with Crippen LogP contribution in [0.25, 0.3) is 11.1 Å². The predicted octanol–water partition coefficient (Wildman–Crippen LogP) is 7.75. The summed E-state index contributed by atoms with van der Waals surface area (Å²) >= 11 is 1.68. The van der Waals surface area contributed by atoms with Crippen molar-refractivity contribution in [1.82, 2.24) is 10.3 Å². The second-order valence-electron chi connectivity index (χ2n) is 11.1. The van der Waals surface area contributed by atoms with Crippen LogP contribution in [0.2, 0.25) is 0 Å². The minimum atomic E-state index is -0.549. The molecule has 0 aliphatic carbocycles. The van der Waals surface area contributed by atoms with Crippen LogP contribution in [0.3, 0.4) is 0 Å². The molecule has 1 aromatic heterocycles. The number of benzene rings is 4. The monoisotopic (exact) mass is 616 g/mol. The number of carbonyl (C=O) groups is 1. The Morgan fingerprint density at radius 3 is 2.27 bits per heavy atom. The molecule has 0 radical (unpaired) electrons. The number of carbonyl (C=O) groups excluding carboxylic acids is 1. The van der Waals surface area contributed by atoms with Gasteiger partial charge in [-0.1, -0.05) is 104 Å². The van der Waals surface area contributed by atoms with E-state index in [1.807, 2.05) is 97.2 Å². The number of amides is 1. The Labute approximate surface area is 268 Å². The van der Waals surface area contributed by atoms with Crippen molar-refractivity contribution in [3.05, 3.63) is 155 Å². The van der Waals surface area contributed by atoms with Crippen molar-refractivity contribution in [2.45, 2.75) is 43.6 Å². The second kappa shape index (κ2) is 14.7. The lowest BCUT2D eigenvalue weighted by molar-refractivity contribution is -0.268. The SMILES string of the molecule is C[C@@H]1[C@H](CSc2ccccn2)O[C@H](c2ccc(-c3ccccc3CNC(=O)c3ccccc3)cc2)O[C@@H]1c1ccc(CO)cc1. The Kier molecular flexibility index (Phi) is 10.0. The number of aliphatic hydroxyl groups excluding tert-OH is 1. The van der Waals surface area contributed by atoms with Crippen molar-refractivity contribution in [1.29, 1.82) is 0 Å². The maximum Gasteiger partial charge on any atom is 0.251 e. The number of aliphatic hydroxyl groups is 1. The minimum Gasteiger partial charge on any atom is -0.392 e. The van der Waals surface area contributed by atoms with Crippen LogP contribution in [0, 0.1) is 5.92 Å². The quantitative estimate of drug-likeness (QED) is 0.156. The Hall–Kier alpha value is -4.27. The van der Waals surface area contributed by atoms with Crippen LogP contribution in [-0.4, -0.2) is 27.9 Å². The van der Waals surface area contributed by atoms with Crippen molar-refractivity contribution < 1.29 is 19.4 Å². The second-order valence-corrected chi connectivity index (χ2v) is 12.2. The van der Waals surface area contributed by atoms with Crippen LogP contribution in [-0.2, 0) is 22.6 Å². The summed E-state index contributed by atoms with van der Waals surface area (Å²) in [6.45, 7) is 2.59. The van der Waals surface area contributed by atoms with E-state index in [0.717, 1.165) is 44.2 Å². The molecule has 5 aromatic rings. The molecule has 4 atom stereocenters. The number of hydrogen-bond acceptors (Lipinski definition) is 6. The van der Waals surface area contributed by atoms with Gasteiger partial charge in [0, 0.05) is 35.5 Å². The lowest BCUT2D eigenvalue weighted by atomic mass is 9.91. The molecule has 45 heavy (non-hydrogen) atoms. The van der Waals surface area contributed by atoms with E-state index in [0.29, 0.717) is 12.1 Å². The van der Waals surface area contributed by atoms with Gasteiger partial charge in [-0.15, -0.1) is 11.8 Å². The van der Waals surface area contributed by atoms with Crippen molar-refractivity contribution in [3.8, 4) is 11.1 Å². The summed E-state index contributed by atoms with van der Waals surface area (Å²) in [5.74, 6) is 0.733. The zero-order valence-electron chi connectivity index (χ0n) is 25.1. The summed E-state index contributed by atoms with van der Waals surface area (Å²) in [5, 5.41) is 13.6. The maximum atomic E-state index is 12.7. The molecule has 1 fully saturated rings. The van der Waals surface area contributed by atoms with Gasteiger partial charge in [0.25, 0.3) is 5.91 Å². The summed E-state index contributed by atoms with van der Waals surface area (Å²) in [7, 11) is 0. The number of rotatable bonds is 10. The molecule has 2 N–H and O–H groups in total. The number of hydrogen-bond donors (Lipinski definition) is 2. The lowest BCUT2D eigenvalue weighted by Gasteiger charge is -2.41. The summed E-state index contributed by atoms with van der Waals surface area (Å²) in [5.41, 5.74) is 6.64. The zero-order valence-corrected chi connectivity index (χ0v) is 25.9. The number of thioether (sulfide) groups is 1. The van der Waals surface area contributed by atoms with Crippen molar-refractivity contribution in [2.75, 3.05) is 5.75 Å². The molecular formula is C38H36N2O4S. The van der Waals surface area contributed by atoms with E-state index in [1.165, 1.54) is 0 Å². The molecule has 7 heteroatoms. The van der Waals surface area contributed by atoms with Crippen LogP contribution in [0.5, 0.6) is 0 Å². The van der Waals surface area contributed by atoms with E-state index in [4.69, 9.17) is 9.47 Å². The molecule has 6 rings (SSSR count). The van der Waals surface area contributed by atoms with Gasteiger partial charge in [-0.3, -0.25) is 4.79 Å². The number of pyridine rings is 1. The van der Waals surface area contributed by atoms with Crippen molar-refractivity contribution in [3.63, 3.8) is 0 Å². The average Bonchev–Trinajstić information content (AvgIpc) is 3.11. The first-order valence-electron chi connectivity index (χ1n) is 15.1. The van der Waals surface area contributed by atoms with E-state index < -0.39 is 6.29 Å². The fraction of sp³-hybridized carbons (Fsp3) is 0.211. The van der Waals surface area contributed by atoms with Crippen LogP contribution < -0.4 is 5.32 Å². The molecule has 1 aliphatic rings. The number of nitrogens with zero attached hydrogens (tertiary/aromatic N) is 1. The molecule has 1 amide bonds. The van der Waals surface area contributed by atoms with E-state index in [2.05, 4.69) is 47.6 Å². The highest BCUT2D eigenvalue weighted by Gasteiger charge is 2.38. The summed E-state index contributed by atoms with van der Waals surface area (Å²) < 4.78 is 13.3. The highest BCUT2D eigenvalue weighted by Crippen LogP contribution is 2.43. The molecule has 0 spiro atoms. The third-order valence-corrected chi connectivity index (χ3v) is 9.18. The summed E-state index contributed by atoms with van der Waals surface area (Å²) in [6, 6.07) is 39.5. The number of ether oxygens (including phenoxy) is 2. The normalized spacial score (nSPS) is 19.6. The molecule has 0 saturated carbocycles. The van der Waals surface area contributed by atoms with Crippen LogP contribution >= 0.6 is 11.8 Å². The first kappa shape index (κ1) is 30.7. The summed E-state index contributed by atoms with van der Waals surface area (Å²) in [4.78, 5) is 17.1.